The number of nitrogens with zero attached hydrogens (tertiary/aromatic N) is 1. The van der Waals surface area contributed by atoms with Crippen molar-refractivity contribution in [1.82, 2.24) is 0 Å². The van der Waals surface area contributed by atoms with E-state index in [9.17, 15) is 23.1 Å². The average Bonchev–Trinajstić information content (AvgIpc) is 2.14. The smallest absolute Gasteiger partial charge is 0.515 e. The van der Waals surface area contributed by atoms with Gasteiger partial charge in [0.2, 0.25) is 0 Å². The molecule has 0 spiro atoms. The van der Waals surface area contributed by atoms with Crippen LogP contribution in [0.5, 0.6) is 5.75 Å². The first kappa shape index (κ1) is 12.3. The summed E-state index contributed by atoms with van der Waals surface area (Å²) in [6.07, 6.45) is 0. The molecule has 0 bridgehead atoms. The lowest BCUT2D eigenvalue weighted by molar-refractivity contribution is -0.384. The zero-order valence-corrected chi connectivity index (χ0v) is 8.32. The number of ether oxygens (including phenoxy) is 1. The Hall–Kier alpha value is -1.73. The van der Waals surface area contributed by atoms with Crippen LogP contribution in [0, 0.1) is 17.0 Å². The van der Waals surface area contributed by atoms with E-state index in [1.165, 1.54) is 19.1 Å². The Labute approximate surface area is 89.2 Å². The van der Waals surface area contributed by atoms with Crippen LogP contribution in [0.2, 0.25) is 0 Å². The van der Waals surface area contributed by atoms with Gasteiger partial charge in [0, 0.05) is 6.07 Å². The van der Waals surface area contributed by atoms with Gasteiger partial charge < -0.3 is 17.7 Å². The minimum atomic E-state index is -5.06. The van der Waals surface area contributed by atoms with Gasteiger partial charge in [-0.2, -0.15) is 0 Å². The van der Waals surface area contributed by atoms with E-state index in [0.717, 1.165) is 6.07 Å². The summed E-state index contributed by atoms with van der Waals surface area (Å²) in [5.41, 5.74) is 0.126. The van der Waals surface area contributed by atoms with Gasteiger partial charge in [-0.3, -0.25) is 10.1 Å². The maximum Gasteiger partial charge on any atom is 0.515 e. The van der Waals surface area contributed by atoms with Gasteiger partial charge in [0.05, 0.1) is 17.5 Å². The summed E-state index contributed by atoms with van der Waals surface area (Å²) in [5.74, 6) is -0.117. The minimum Gasteiger partial charge on any atom is -0.521 e. The second-order valence-electron chi connectivity index (χ2n) is 3.23. The average molecular weight is 234 g/mol. The number of aryl methyl sites for hydroxylation is 1. The van der Waals surface area contributed by atoms with Crippen molar-refractivity contribution < 1.29 is 22.6 Å². The van der Waals surface area contributed by atoms with E-state index >= 15 is 0 Å². The van der Waals surface area contributed by atoms with Crippen molar-refractivity contribution in [1.29, 1.82) is 0 Å². The Morgan fingerprint density at radius 1 is 1.44 bits per heavy atom. The van der Waals surface area contributed by atoms with Gasteiger partial charge in [0.1, 0.15) is 5.75 Å². The molecule has 0 saturated heterocycles. The van der Waals surface area contributed by atoms with E-state index in [1.54, 1.807) is 0 Å². The van der Waals surface area contributed by atoms with Crippen molar-refractivity contribution in [2.24, 2.45) is 0 Å². The number of hydrogen-bond acceptors (Lipinski definition) is 3. The van der Waals surface area contributed by atoms with Crippen LogP contribution in [0.1, 0.15) is 5.56 Å². The van der Waals surface area contributed by atoms with Crippen molar-refractivity contribution in [2.75, 3.05) is 6.51 Å². The van der Waals surface area contributed by atoms with Crippen LogP contribution in [-0.4, -0.2) is 18.4 Å². The van der Waals surface area contributed by atoms with E-state index in [-0.39, 0.29) is 11.4 Å². The molecule has 0 aromatic heterocycles. The molecule has 0 aliphatic carbocycles. The largest absolute Gasteiger partial charge is 0.521 e. The highest BCUT2D eigenvalue weighted by Crippen LogP contribution is 2.25. The molecule has 0 aliphatic heterocycles. The monoisotopic (exact) mass is 234 g/mol. The first-order valence-corrected chi connectivity index (χ1v) is 4.38. The van der Waals surface area contributed by atoms with Crippen LogP contribution < -0.4 is 4.74 Å². The normalized spacial score (nSPS) is 11.2. The molecule has 0 radical (unpaired) electrons. The number of halogens is 3. The summed E-state index contributed by atoms with van der Waals surface area (Å²) in [4.78, 5) is 9.71. The van der Waals surface area contributed by atoms with Gasteiger partial charge in [-0.15, -0.1) is 0 Å². The molecule has 88 valence electrons. The topological polar surface area (TPSA) is 52.4 Å². The van der Waals surface area contributed by atoms with Crippen molar-refractivity contribution in [3.05, 3.63) is 33.9 Å². The fourth-order valence-corrected chi connectivity index (χ4v) is 1.04. The predicted molar refractivity (Wildman–Crippen MR) is 52.4 cm³/mol. The predicted octanol–water partition coefficient (Wildman–Crippen LogP) is 2.67. The second-order valence-corrected chi connectivity index (χ2v) is 3.23. The number of non-ortho nitro benzene ring substituents is 1. The second kappa shape index (κ2) is 4.42. The van der Waals surface area contributed by atoms with Crippen molar-refractivity contribution in [2.45, 2.75) is 6.92 Å². The van der Waals surface area contributed by atoms with Crippen molar-refractivity contribution in [3.8, 4) is 5.75 Å². The molecule has 0 N–H and O–H groups in total. The lowest BCUT2D eigenvalue weighted by Gasteiger charge is -2.16. The molecule has 0 amide bonds. The fourth-order valence-electron chi connectivity index (χ4n) is 1.04. The summed E-state index contributed by atoms with van der Waals surface area (Å²) in [6, 6.07) is 3.54. The number of benzene rings is 1. The highest BCUT2D eigenvalue weighted by atomic mass is 19.4. The van der Waals surface area contributed by atoms with E-state index in [0.29, 0.717) is 5.56 Å². The molecular weight excluding hydrogens is 226 g/mol. The molecule has 0 atom stereocenters. The Kier molecular flexibility index (Phi) is 3.41. The lowest BCUT2D eigenvalue weighted by Crippen LogP contribution is -2.26. The molecule has 0 saturated carbocycles. The zero-order chi connectivity index (χ0) is 12.3. The standard InChI is InChI=1S/C8H8BF3NO3/c1-6-2-3-7(13(14)15)4-8(6)16-5-9(10,11)12/h2-4H,5H2,1H3/q-1. The molecule has 8 heteroatoms. The molecule has 1 aromatic rings. The summed E-state index contributed by atoms with van der Waals surface area (Å²) >= 11 is 0. The Morgan fingerprint density at radius 2 is 2.06 bits per heavy atom. The molecule has 0 heterocycles. The number of nitro benzene ring substituents is 1. The van der Waals surface area contributed by atoms with E-state index in [2.05, 4.69) is 4.74 Å². The number of rotatable bonds is 4. The molecule has 16 heavy (non-hydrogen) atoms. The molecule has 1 aromatic carbocycles. The van der Waals surface area contributed by atoms with Crippen LogP contribution >= 0.6 is 0 Å². The van der Waals surface area contributed by atoms with E-state index in [1.807, 2.05) is 0 Å². The van der Waals surface area contributed by atoms with Gasteiger partial charge in [-0.25, -0.2) is 0 Å². The Balaban J connectivity index is 2.86. The van der Waals surface area contributed by atoms with E-state index in [4.69, 9.17) is 0 Å². The fraction of sp³-hybridized carbons (Fsp3) is 0.250. The zero-order valence-electron chi connectivity index (χ0n) is 8.32. The molecule has 1 rings (SSSR count). The van der Waals surface area contributed by atoms with E-state index < -0.39 is 18.4 Å². The summed E-state index contributed by atoms with van der Waals surface area (Å²) in [7, 11) is 0. The van der Waals surface area contributed by atoms with Crippen LogP contribution in [-0.2, 0) is 0 Å². The lowest BCUT2D eigenvalue weighted by atomic mass is 9.95. The van der Waals surface area contributed by atoms with Crippen LogP contribution in [0.15, 0.2) is 18.2 Å². The minimum absolute atomic E-state index is 0.117. The third kappa shape index (κ3) is 3.45. The molecular formula is C8H8BF3NO3-. The third-order valence-corrected chi connectivity index (χ3v) is 1.81. The van der Waals surface area contributed by atoms with Crippen LogP contribution in [0.4, 0.5) is 18.6 Å². The van der Waals surface area contributed by atoms with Gasteiger partial charge in [0.25, 0.3) is 5.69 Å². The van der Waals surface area contributed by atoms with Crippen molar-refractivity contribution >= 4 is 12.7 Å². The maximum atomic E-state index is 11.9. The molecule has 4 nitrogen and oxygen atoms in total. The van der Waals surface area contributed by atoms with Gasteiger partial charge in [0.15, 0.2) is 0 Å². The highest BCUT2D eigenvalue weighted by Gasteiger charge is 2.24. The number of hydrogen-bond donors (Lipinski definition) is 0. The summed E-state index contributed by atoms with van der Waals surface area (Å²) < 4.78 is 40.3. The SMILES string of the molecule is Cc1ccc([N+](=O)[O-])cc1OC[B-](F)(F)F. The van der Waals surface area contributed by atoms with Crippen molar-refractivity contribution in [3.63, 3.8) is 0 Å². The summed E-state index contributed by atoms with van der Waals surface area (Å²) in [6.45, 7) is -4.95. The maximum absolute atomic E-state index is 11.9. The first-order chi connectivity index (χ1) is 7.29. The highest BCUT2D eigenvalue weighted by molar-refractivity contribution is 6.58. The third-order valence-electron chi connectivity index (χ3n) is 1.81. The first-order valence-electron chi connectivity index (χ1n) is 4.38. The molecule has 0 aliphatic rings. The molecule has 0 fully saturated rings. The van der Waals surface area contributed by atoms with Gasteiger partial charge in [-0.1, -0.05) is 0 Å². The Bertz CT molecular complexity index is 408. The van der Waals surface area contributed by atoms with Crippen LogP contribution in [0.3, 0.4) is 0 Å². The van der Waals surface area contributed by atoms with Crippen LogP contribution in [0.25, 0.3) is 0 Å². The summed E-state index contributed by atoms with van der Waals surface area (Å²) in [5, 5.41) is 10.4. The number of nitro groups is 1. The Morgan fingerprint density at radius 3 is 2.56 bits per heavy atom. The quantitative estimate of drug-likeness (QED) is 0.457. The van der Waals surface area contributed by atoms with Gasteiger partial charge >= 0.3 is 6.98 Å². The van der Waals surface area contributed by atoms with Gasteiger partial charge in [-0.05, 0) is 18.6 Å². The molecule has 0 unspecified atom stereocenters.